The van der Waals surface area contributed by atoms with Crippen LogP contribution in [0, 0.1) is 23.2 Å². The molecule has 3 unspecified atom stereocenters. The first-order chi connectivity index (χ1) is 15.1. The number of rotatable bonds is 5. The number of pyridine rings is 1. The van der Waals surface area contributed by atoms with Gasteiger partial charge in [0.1, 0.15) is 11.6 Å². The Labute approximate surface area is 182 Å². The van der Waals surface area contributed by atoms with E-state index in [2.05, 4.69) is 21.5 Å². The van der Waals surface area contributed by atoms with E-state index in [0.29, 0.717) is 22.4 Å². The number of fused-ring (bicyclic) bond motifs is 2. The lowest BCUT2D eigenvalue weighted by Crippen LogP contribution is -2.48. The summed E-state index contributed by atoms with van der Waals surface area (Å²) >= 11 is 1.26. The normalized spacial score (nSPS) is 21.7. The number of hydrogen-bond donors (Lipinski definition) is 1. The number of aromatic nitrogens is 2. The fourth-order valence-electron chi connectivity index (χ4n) is 4.32. The topological polar surface area (TPSA) is 91.1 Å². The molecule has 0 spiro atoms. The molecule has 2 bridgehead atoms. The SMILES string of the molecule is N#CN1CC2CC(NC(=O)c3ncc(-c4ccncc4Oc4ccc(F)cc4)s3)C1C2. The average molecular weight is 435 g/mol. The van der Waals surface area contributed by atoms with Crippen molar-refractivity contribution in [1.29, 1.82) is 5.26 Å². The third-order valence-corrected chi connectivity index (χ3v) is 6.75. The highest BCUT2D eigenvalue weighted by Gasteiger charge is 2.45. The largest absolute Gasteiger partial charge is 0.455 e. The maximum atomic E-state index is 13.2. The molecule has 1 saturated carbocycles. The zero-order chi connectivity index (χ0) is 21.4. The van der Waals surface area contributed by atoms with Crippen molar-refractivity contribution in [3.8, 4) is 28.1 Å². The van der Waals surface area contributed by atoms with Crippen LogP contribution >= 0.6 is 11.3 Å². The molecule has 156 valence electrons. The fourth-order valence-corrected chi connectivity index (χ4v) is 5.17. The molecule has 1 saturated heterocycles. The number of thiazole rings is 1. The van der Waals surface area contributed by atoms with Crippen molar-refractivity contribution < 1.29 is 13.9 Å². The number of piperidine rings is 1. The number of carbonyl (C=O) groups is 1. The molecule has 7 nitrogen and oxygen atoms in total. The maximum absolute atomic E-state index is 13.2. The van der Waals surface area contributed by atoms with Crippen molar-refractivity contribution in [2.45, 2.75) is 24.9 Å². The highest BCUT2D eigenvalue weighted by Crippen LogP contribution is 2.38. The van der Waals surface area contributed by atoms with E-state index in [-0.39, 0.29) is 23.8 Å². The molecule has 9 heteroatoms. The zero-order valence-corrected chi connectivity index (χ0v) is 17.2. The number of nitrogens with zero attached hydrogens (tertiary/aromatic N) is 4. The predicted octanol–water partition coefficient (Wildman–Crippen LogP) is 3.81. The van der Waals surface area contributed by atoms with Crippen molar-refractivity contribution in [3.63, 3.8) is 0 Å². The van der Waals surface area contributed by atoms with E-state index in [1.807, 2.05) is 0 Å². The van der Waals surface area contributed by atoms with Crippen LogP contribution in [0.5, 0.6) is 11.5 Å². The number of hydrogen-bond acceptors (Lipinski definition) is 7. The second-order valence-electron chi connectivity index (χ2n) is 7.69. The molecule has 2 aliphatic rings. The standard InChI is InChI=1S/C22H18FN5O2S/c23-14-1-3-15(4-2-14)30-19-9-25-6-5-16(19)20-10-26-22(31-20)21(29)27-17-7-13-8-18(17)28(11-13)12-24/h1-6,9-10,13,17-18H,7-8,11H2,(H,27,29). The van der Waals surface area contributed by atoms with Crippen LogP contribution in [0.25, 0.3) is 10.4 Å². The molecule has 2 aromatic heterocycles. The van der Waals surface area contributed by atoms with E-state index in [1.54, 1.807) is 29.6 Å². The van der Waals surface area contributed by atoms with Gasteiger partial charge < -0.3 is 15.0 Å². The summed E-state index contributed by atoms with van der Waals surface area (Å²) in [6, 6.07) is 7.56. The third kappa shape index (κ3) is 3.82. The molecular formula is C22H18FN5O2S. The summed E-state index contributed by atoms with van der Waals surface area (Å²) < 4.78 is 19.0. The zero-order valence-electron chi connectivity index (χ0n) is 16.4. The quantitative estimate of drug-likeness (QED) is 0.613. The molecule has 2 fully saturated rings. The monoisotopic (exact) mass is 435 g/mol. The Bertz CT molecular complexity index is 1160. The summed E-state index contributed by atoms with van der Waals surface area (Å²) in [6.07, 6.45) is 8.91. The summed E-state index contributed by atoms with van der Waals surface area (Å²) in [5, 5.41) is 12.7. The van der Waals surface area contributed by atoms with E-state index in [1.165, 1.54) is 35.6 Å². The third-order valence-electron chi connectivity index (χ3n) is 5.72. The smallest absolute Gasteiger partial charge is 0.280 e. The van der Waals surface area contributed by atoms with Crippen LogP contribution in [0.15, 0.2) is 48.9 Å². The minimum atomic E-state index is -0.342. The Kier molecular flexibility index (Phi) is 5.00. The number of amides is 1. The Morgan fingerprint density at radius 2 is 2.10 bits per heavy atom. The number of likely N-dealkylation sites (tertiary alicyclic amines) is 1. The van der Waals surface area contributed by atoms with Gasteiger partial charge in [-0.25, -0.2) is 9.37 Å². The highest BCUT2D eigenvalue weighted by molar-refractivity contribution is 7.17. The van der Waals surface area contributed by atoms with Gasteiger partial charge in [-0.1, -0.05) is 0 Å². The van der Waals surface area contributed by atoms with Crippen molar-refractivity contribution in [2.24, 2.45) is 5.92 Å². The Morgan fingerprint density at radius 1 is 1.26 bits per heavy atom. The first kappa shape index (κ1) is 19.5. The molecule has 1 amide bonds. The Hall–Kier alpha value is -3.51. The van der Waals surface area contributed by atoms with Gasteiger partial charge in [0.25, 0.3) is 5.91 Å². The van der Waals surface area contributed by atoms with Gasteiger partial charge in [-0.2, -0.15) is 5.26 Å². The summed E-state index contributed by atoms with van der Waals surface area (Å²) in [5.74, 6) is 0.857. The molecular weight excluding hydrogens is 417 g/mol. The molecule has 1 aromatic carbocycles. The highest BCUT2D eigenvalue weighted by atomic mass is 32.1. The second-order valence-corrected chi connectivity index (χ2v) is 8.73. The lowest BCUT2D eigenvalue weighted by molar-refractivity contribution is 0.0912. The van der Waals surface area contributed by atoms with Gasteiger partial charge in [-0.15, -0.1) is 11.3 Å². The van der Waals surface area contributed by atoms with Crippen LogP contribution in [-0.4, -0.2) is 39.4 Å². The predicted molar refractivity (Wildman–Crippen MR) is 112 cm³/mol. The van der Waals surface area contributed by atoms with Crippen LogP contribution in [0.2, 0.25) is 0 Å². The van der Waals surface area contributed by atoms with Gasteiger partial charge in [0.2, 0.25) is 0 Å². The van der Waals surface area contributed by atoms with E-state index in [0.717, 1.165) is 29.8 Å². The molecule has 5 rings (SSSR count). The summed E-state index contributed by atoms with van der Waals surface area (Å²) in [6.45, 7) is 0.786. The molecule has 3 atom stereocenters. The summed E-state index contributed by atoms with van der Waals surface area (Å²) in [7, 11) is 0. The first-order valence-corrected chi connectivity index (χ1v) is 10.7. The van der Waals surface area contributed by atoms with E-state index in [9.17, 15) is 14.4 Å². The van der Waals surface area contributed by atoms with E-state index in [4.69, 9.17) is 4.74 Å². The summed E-state index contributed by atoms with van der Waals surface area (Å²) in [5.41, 5.74) is 0.742. The molecule has 3 aromatic rings. The second kappa shape index (κ2) is 7.96. The van der Waals surface area contributed by atoms with Gasteiger partial charge in [-0.05, 0) is 49.1 Å². The number of halogens is 1. The molecule has 1 aliphatic heterocycles. The van der Waals surface area contributed by atoms with Gasteiger partial charge in [0, 0.05) is 24.5 Å². The first-order valence-electron chi connectivity index (χ1n) is 9.91. The van der Waals surface area contributed by atoms with Gasteiger partial charge >= 0.3 is 0 Å². The lowest BCUT2D eigenvalue weighted by Gasteiger charge is -2.29. The lowest BCUT2D eigenvalue weighted by atomic mass is 10.1. The van der Waals surface area contributed by atoms with E-state index < -0.39 is 0 Å². The number of ether oxygens (including phenoxy) is 1. The number of carbonyl (C=O) groups excluding carboxylic acids is 1. The molecule has 3 heterocycles. The maximum Gasteiger partial charge on any atom is 0.280 e. The molecule has 31 heavy (non-hydrogen) atoms. The molecule has 0 radical (unpaired) electrons. The number of benzene rings is 1. The van der Waals surface area contributed by atoms with Crippen molar-refractivity contribution in [2.75, 3.05) is 6.54 Å². The van der Waals surface area contributed by atoms with Crippen molar-refractivity contribution in [3.05, 3.63) is 59.7 Å². The van der Waals surface area contributed by atoms with Crippen molar-refractivity contribution >= 4 is 17.2 Å². The van der Waals surface area contributed by atoms with Crippen molar-refractivity contribution in [1.82, 2.24) is 20.2 Å². The molecule has 1 N–H and O–H groups in total. The van der Waals surface area contributed by atoms with Crippen LogP contribution in [0.1, 0.15) is 22.6 Å². The minimum absolute atomic E-state index is 0.0310. The van der Waals surface area contributed by atoms with Gasteiger partial charge in [0.15, 0.2) is 17.0 Å². The van der Waals surface area contributed by atoms with Crippen LogP contribution < -0.4 is 10.1 Å². The minimum Gasteiger partial charge on any atom is -0.455 e. The number of nitriles is 1. The molecule has 1 aliphatic carbocycles. The van der Waals surface area contributed by atoms with Gasteiger partial charge in [-0.3, -0.25) is 9.78 Å². The average Bonchev–Trinajstić information content (AvgIpc) is 3.51. The Balaban J connectivity index is 1.32. The fraction of sp³-hybridized carbons (Fsp3) is 0.273. The Morgan fingerprint density at radius 3 is 2.87 bits per heavy atom. The van der Waals surface area contributed by atoms with Crippen LogP contribution in [0.3, 0.4) is 0 Å². The summed E-state index contributed by atoms with van der Waals surface area (Å²) in [4.78, 5) is 23.7. The van der Waals surface area contributed by atoms with Crippen LogP contribution in [0.4, 0.5) is 4.39 Å². The van der Waals surface area contributed by atoms with Gasteiger partial charge in [0.05, 0.1) is 23.2 Å². The van der Waals surface area contributed by atoms with Crippen LogP contribution in [-0.2, 0) is 0 Å². The van der Waals surface area contributed by atoms with E-state index >= 15 is 0 Å². The number of nitrogens with one attached hydrogen (secondary N) is 1.